The molecule has 5 nitrogen and oxygen atoms in total. The summed E-state index contributed by atoms with van der Waals surface area (Å²) in [6, 6.07) is 9.30. The zero-order valence-electron chi connectivity index (χ0n) is 17.2. The third kappa shape index (κ3) is 3.76. The second kappa shape index (κ2) is 7.76. The van der Waals surface area contributed by atoms with Crippen LogP contribution in [0.25, 0.3) is 0 Å². The first-order chi connectivity index (χ1) is 13.5. The number of nitrogens with one attached hydrogen (secondary N) is 2. The van der Waals surface area contributed by atoms with Crippen molar-refractivity contribution < 1.29 is 9.59 Å². The standard InChI is InChI=1S/C23H33N3O2/c1-16(2)24-22(28)26-12-10-23(11-13-26)15-17(19-8-3-4-9-20(19)23)14-21(27)25-18-6-5-7-18/h3-4,8-9,16-18H,5-7,10-15H2,1-2H3,(H,24,28)(H,25,27)/t17-/m1/s1. The molecular weight excluding hydrogens is 350 g/mol. The lowest BCUT2D eigenvalue weighted by Gasteiger charge is -2.40. The first-order valence-corrected chi connectivity index (χ1v) is 10.9. The number of carbonyl (C=O) groups is 2. The number of hydrogen-bond acceptors (Lipinski definition) is 2. The molecule has 2 aliphatic carbocycles. The molecule has 0 aromatic heterocycles. The molecule has 3 aliphatic rings. The summed E-state index contributed by atoms with van der Waals surface area (Å²) >= 11 is 0. The highest BCUT2D eigenvalue weighted by molar-refractivity contribution is 5.78. The third-order valence-corrected chi connectivity index (χ3v) is 6.93. The maximum Gasteiger partial charge on any atom is 0.317 e. The van der Waals surface area contributed by atoms with Crippen LogP contribution >= 0.6 is 0 Å². The Morgan fingerprint density at radius 1 is 1.18 bits per heavy atom. The Bertz CT molecular complexity index is 733. The summed E-state index contributed by atoms with van der Waals surface area (Å²) in [7, 11) is 0. The second-order valence-corrected chi connectivity index (χ2v) is 9.26. The van der Waals surface area contributed by atoms with Gasteiger partial charge in [0.25, 0.3) is 0 Å². The number of hydrogen-bond donors (Lipinski definition) is 2. The van der Waals surface area contributed by atoms with Crippen LogP contribution in [0, 0.1) is 0 Å². The van der Waals surface area contributed by atoms with Gasteiger partial charge in [-0.2, -0.15) is 0 Å². The Morgan fingerprint density at radius 3 is 2.54 bits per heavy atom. The smallest absolute Gasteiger partial charge is 0.317 e. The minimum absolute atomic E-state index is 0.0487. The highest BCUT2D eigenvalue weighted by Gasteiger charge is 2.46. The number of fused-ring (bicyclic) bond motifs is 2. The molecule has 1 atom stereocenters. The van der Waals surface area contributed by atoms with Gasteiger partial charge in [-0.25, -0.2) is 4.79 Å². The summed E-state index contributed by atoms with van der Waals surface area (Å²) in [6.07, 6.45) is 7.08. The molecule has 1 heterocycles. The minimum Gasteiger partial charge on any atom is -0.353 e. The van der Waals surface area contributed by atoms with Crippen molar-refractivity contribution in [2.24, 2.45) is 0 Å². The fourth-order valence-corrected chi connectivity index (χ4v) is 5.22. The number of nitrogens with zero attached hydrogens (tertiary/aromatic N) is 1. The number of benzene rings is 1. The lowest BCUT2D eigenvalue weighted by atomic mass is 9.73. The van der Waals surface area contributed by atoms with Gasteiger partial charge >= 0.3 is 6.03 Å². The Hall–Kier alpha value is -2.04. The predicted molar refractivity (Wildman–Crippen MR) is 110 cm³/mol. The van der Waals surface area contributed by atoms with Crippen LogP contribution < -0.4 is 10.6 Å². The Labute approximate surface area is 168 Å². The van der Waals surface area contributed by atoms with Crippen LogP contribution in [-0.4, -0.2) is 42.0 Å². The van der Waals surface area contributed by atoms with Crippen LogP contribution in [0.15, 0.2) is 24.3 Å². The molecule has 152 valence electrons. The third-order valence-electron chi connectivity index (χ3n) is 6.93. The normalized spacial score (nSPS) is 23.4. The number of rotatable bonds is 4. The van der Waals surface area contributed by atoms with Crippen molar-refractivity contribution in [3.05, 3.63) is 35.4 Å². The largest absolute Gasteiger partial charge is 0.353 e. The summed E-state index contributed by atoms with van der Waals surface area (Å²) < 4.78 is 0. The summed E-state index contributed by atoms with van der Waals surface area (Å²) in [4.78, 5) is 26.9. The lowest BCUT2D eigenvalue weighted by Crippen LogP contribution is -2.49. The van der Waals surface area contributed by atoms with Gasteiger partial charge in [-0.05, 0) is 74.8 Å². The van der Waals surface area contributed by atoms with Gasteiger partial charge in [-0.15, -0.1) is 0 Å². The van der Waals surface area contributed by atoms with Crippen molar-refractivity contribution in [2.75, 3.05) is 13.1 Å². The Balaban J connectivity index is 1.44. The van der Waals surface area contributed by atoms with Crippen molar-refractivity contribution in [3.63, 3.8) is 0 Å². The van der Waals surface area contributed by atoms with Crippen molar-refractivity contribution in [3.8, 4) is 0 Å². The average molecular weight is 384 g/mol. The maximum absolute atomic E-state index is 12.6. The van der Waals surface area contributed by atoms with E-state index in [1.165, 1.54) is 17.5 Å². The molecule has 1 aromatic carbocycles. The minimum atomic E-state index is 0.0487. The van der Waals surface area contributed by atoms with E-state index in [9.17, 15) is 9.59 Å². The van der Waals surface area contributed by atoms with Crippen LogP contribution in [0.4, 0.5) is 4.79 Å². The van der Waals surface area contributed by atoms with E-state index in [1.807, 2.05) is 18.7 Å². The van der Waals surface area contributed by atoms with E-state index < -0.39 is 0 Å². The van der Waals surface area contributed by atoms with Crippen molar-refractivity contribution >= 4 is 11.9 Å². The number of carbonyl (C=O) groups excluding carboxylic acids is 2. The first kappa shape index (κ1) is 19.3. The highest BCUT2D eigenvalue weighted by atomic mass is 16.2. The molecule has 1 saturated heterocycles. The number of piperidine rings is 1. The van der Waals surface area contributed by atoms with E-state index in [2.05, 4.69) is 34.9 Å². The number of urea groups is 1. The van der Waals surface area contributed by atoms with Gasteiger partial charge in [0.2, 0.25) is 5.91 Å². The lowest BCUT2D eigenvalue weighted by molar-refractivity contribution is -0.122. The SMILES string of the molecule is CC(C)NC(=O)N1CCC2(CC1)C[C@@H](CC(=O)NC1CCC1)c1ccccc12. The quantitative estimate of drug-likeness (QED) is 0.833. The molecule has 3 amide bonds. The van der Waals surface area contributed by atoms with Gasteiger partial charge in [0, 0.05) is 31.6 Å². The molecule has 1 spiro atoms. The monoisotopic (exact) mass is 383 g/mol. The van der Waals surface area contributed by atoms with E-state index in [0.717, 1.165) is 45.2 Å². The van der Waals surface area contributed by atoms with Crippen molar-refractivity contribution in [1.82, 2.24) is 15.5 Å². The number of amides is 3. The fraction of sp³-hybridized carbons (Fsp3) is 0.652. The summed E-state index contributed by atoms with van der Waals surface area (Å²) in [5.41, 5.74) is 2.89. The Kier molecular flexibility index (Phi) is 5.35. The fourth-order valence-electron chi connectivity index (χ4n) is 5.22. The second-order valence-electron chi connectivity index (χ2n) is 9.26. The molecule has 2 N–H and O–H groups in total. The maximum atomic E-state index is 12.6. The first-order valence-electron chi connectivity index (χ1n) is 10.9. The van der Waals surface area contributed by atoms with Gasteiger partial charge in [-0.3, -0.25) is 4.79 Å². The summed E-state index contributed by atoms with van der Waals surface area (Å²) in [5.74, 6) is 0.502. The van der Waals surface area contributed by atoms with E-state index in [0.29, 0.717) is 18.4 Å². The molecule has 2 fully saturated rings. The van der Waals surface area contributed by atoms with Crippen LogP contribution in [0.2, 0.25) is 0 Å². The van der Waals surface area contributed by atoms with Crippen LogP contribution in [0.1, 0.15) is 75.8 Å². The summed E-state index contributed by atoms with van der Waals surface area (Å²) in [5, 5.41) is 6.21. The van der Waals surface area contributed by atoms with Gasteiger partial charge in [0.05, 0.1) is 0 Å². The molecule has 1 aliphatic heterocycles. The Morgan fingerprint density at radius 2 is 1.89 bits per heavy atom. The molecule has 5 heteroatoms. The van der Waals surface area contributed by atoms with Gasteiger partial charge < -0.3 is 15.5 Å². The van der Waals surface area contributed by atoms with E-state index in [-0.39, 0.29) is 23.4 Å². The van der Waals surface area contributed by atoms with Crippen molar-refractivity contribution in [2.45, 2.75) is 82.2 Å². The van der Waals surface area contributed by atoms with Gasteiger partial charge in [0.15, 0.2) is 0 Å². The predicted octanol–water partition coefficient (Wildman–Crippen LogP) is 3.68. The van der Waals surface area contributed by atoms with Crippen LogP contribution in [0.5, 0.6) is 0 Å². The highest BCUT2D eigenvalue weighted by Crippen LogP contribution is 2.52. The molecule has 0 radical (unpaired) electrons. The van der Waals surface area contributed by atoms with Gasteiger partial charge in [0.1, 0.15) is 0 Å². The number of likely N-dealkylation sites (tertiary alicyclic amines) is 1. The summed E-state index contributed by atoms with van der Waals surface area (Å²) in [6.45, 7) is 5.56. The zero-order valence-corrected chi connectivity index (χ0v) is 17.2. The van der Waals surface area contributed by atoms with E-state index >= 15 is 0 Å². The molecule has 4 rings (SSSR count). The molecular formula is C23H33N3O2. The topological polar surface area (TPSA) is 61.4 Å². The van der Waals surface area contributed by atoms with Crippen LogP contribution in [-0.2, 0) is 10.2 Å². The molecule has 0 bridgehead atoms. The molecule has 1 saturated carbocycles. The van der Waals surface area contributed by atoms with Crippen LogP contribution in [0.3, 0.4) is 0 Å². The van der Waals surface area contributed by atoms with Gasteiger partial charge in [-0.1, -0.05) is 24.3 Å². The van der Waals surface area contributed by atoms with Crippen molar-refractivity contribution in [1.29, 1.82) is 0 Å². The average Bonchev–Trinajstić information content (AvgIpc) is 2.92. The van der Waals surface area contributed by atoms with E-state index in [4.69, 9.17) is 0 Å². The van der Waals surface area contributed by atoms with E-state index in [1.54, 1.807) is 0 Å². The zero-order chi connectivity index (χ0) is 19.7. The molecule has 0 unspecified atom stereocenters. The molecule has 1 aromatic rings. The molecule has 28 heavy (non-hydrogen) atoms.